The van der Waals surface area contributed by atoms with Crippen molar-refractivity contribution in [1.82, 2.24) is 5.32 Å². The van der Waals surface area contributed by atoms with Crippen LogP contribution in [-0.4, -0.2) is 49.4 Å². The lowest BCUT2D eigenvalue weighted by Gasteiger charge is -2.32. The molecule has 136 valence electrons. The van der Waals surface area contributed by atoms with Crippen LogP contribution in [0, 0.1) is 10.1 Å². The van der Waals surface area contributed by atoms with E-state index in [2.05, 4.69) is 5.32 Å². The monoisotopic (exact) mass is 350 g/mol. The molecule has 1 saturated heterocycles. The van der Waals surface area contributed by atoms with Crippen molar-refractivity contribution in [2.24, 2.45) is 0 Å². The third-order valence-electron chi connectivity index (χ3n) is 4.53. The lowest BCUT2D eigenvalue weighted by atomic mass is 9.78. The van der Waals surface area contributed by atoms with Gasteiger partial charge in [0.15, 0.2) is 0 Å². The minimum Gasteiger partial charge on any atom is -0.399 e. The van der Waals surface area contributed by atoms with Gasteiger partial charge in [0, 0.05) is 31.4 Å². The van der Waals surface area contributed by atoms with E-state index in [4.69, 9.17) is 14.0 Å². The molecule has 0 saturated carbocycles. The van der Waals surface area contributed by atoms with Crippen LogP contribution in [0.25, 0.3) is 0 Å². The number of nitro groups is 1. The first kappa shape index (κ1) is 19.4. The highest BCUT2D eigenvalue weighted by atomic mass is 16.7. The zero-order valence-corrected chi connectivity index (χ0v) is 15.1. The lowest BCUT2D eigenvalue weighted by molar-refractivity contribution is -0.384. The second kappa shape index (κ2) is 7.11. The summed E-state index contributed by atoms with van der Waals surface area (Å²) in [5.74, 6) is -0.418. The fourth-order valence-electron chi connectivity index (χ4n) is 2.36. The largest absolute Gasteiger partial charge is 0.495 e. The number of nitro benzene ring substituents is 1. The van der Waals surface area contributed by atoms with Gasteiger partial charge < -0.3 is 19.4 Å². The molecule has 0 spiro atoms. The first-order valence-electron chi connectivity index (χ1n) is 7.99. The molecule has 1 aliphatic rings. The van der Waals surface area contributed by atoms with Crippen LogP contribution in [0.4, 0.5) is 5.69 Å². The van der Waals surface area contributed by atoms with E-state index in [-0.39, 0.29) is 11.3 Å². The molecule has 25 heavy (non-hydrogen) atoms. The van der Waals surface area contributed by atoms with Crippen molar-refractivity contribution >= 4 is 24.2 Å². The lowest BCUT2D eigenvalue weighted by Crippen LogP contribution is -2.41. The quantitative estimate of drug-likeness (QED) is 0.359. The smallest absolute Gasteiger partial charge is 0.399 e. The highest BCUT2D eigenvalue weighted by Crippen LogP contribution is 2.36. The topological polar surface area (TPSA) is 99.9 Å². The van der Waals surface area contributed by atoms with Gasteiger partial charge in [0.05, 0.1) is 22.7 Å². The molecule has 1 aliphatic heterocycles. The van der Waals surface area contributed by atoms with Gasteiger partial charge in [0.25, 0.3) is 11.6 Å². The van der Waals surface area contributed by atoms with Crippen LogP contribution in [0.1, 0.15) is 38.1 Å². The van der Waals surface area contributed by atoms with Gasteiger partial charge in [-0.3, -0.25) is 14.9 Å². The molecule has 0 aromatic heterocycles. The van der Waals surface area contributed by atoms with Gasteiger partial charge in [-0.2, -0.15) is 0 Å². The summed E-state index contributed by atoms with van der Waals surface area (Å²) in [5, 5.41) is 13.9. The summed E-state index contributed by atoms with van der Waals surface area (Å²) < 4.78 is 16.7. The maximum Gasteiger partial charge on any atom is 0.495 e. The maximum absolute atomic E-state index is 12.2. The van der Waals surface area contributed by atoms with Crippen LogP contribution < -0.4 is 10.8 Å². The minimum atomic E-state index is -0.782. The Morgan fingerprint density at radius 3 is 2.36 bits per heavy atom. The second-order valence-corrected chi connectivity index (χ2v) is 6.91. The van der Waals surface area contributed by atoms with E-state index in [1.807, 2.05) is 27.7 Å². The van der Waals surface area contributed by atoms with Crippen molar-refractivity contribution in [1.29, 1.82) is 0 Å². The molecule has 8 nitrogen and oxygen atoms in total. The van der Waals surface area contributed by atoms with Gasteiger partial charge in [0.1, 0.15) is 0 Å². The summed E-state index contributed by atoms with van der Waals surface area (Å²) in [6.45, 7) is 8.23. The fourth-order valence-corrected chi connectivity index (χ4v) is 2.36. The van der Waals surface area contributed by atoms with E-state index in [0.29, 0.717) is 18.6 Å². The average molecular weight is 350 g/mol. The third kappa shape index (κ3) is 4.17. The van der Waals surface area contributed by atoms with Crippen LogP contribution in [-0.2, 0) is 14.0 Å². The molecular formula is C16H23BN2O6. The molecule has 1 N–H and O–H groups in total. The Morgan fingerprint density at radius 2 is 1.84 bits per heavy atom. The van der Waals surface area contributed by atoms with Crippen LogP contribution in [0.3, 0.4) is 0 Å². The number of carbonyl (C=O) groups is 1. The number of rotatable bonds is 6. The number of benzene rings is 1. The summed E-state index contributed by atoms with van der Waals surface area (Å²) in [6, 6.07) is 4.15. The van der Waals surface area contributed by atoms with E-state index in [1.54, 1.807) is 6.07 Å². The van der Waals surface area contributed by atoms with E-state index < -0.39 is 29.2 Å². The summed E-state index contributed by atoms with van der Waals surface area (Å²) >= 11 is 0. The molecular weight excluding hydrogens is 327 g/mol. The average Bonchev–Trinajstić information content (AvgIpc) is 2.75. The van der Waals surface area contributed by atoms with Crippen molar-refractivity contribution in [3.05, 3.63) is 33.9 Å². The van der Waals surface area contributed by atoms with Crippen molar-refractivity contribution in [2.45, 2.75) is 38.9 Å². The molecule has 0 radical (unpaired) electrons. The first-order chi connectivity index (χ1) is 11.6. The third-order valence-corrected chi connectivity index (χ3v) is 4.53. The van der Waals surface area contributed by atoms with E-state index in [0.717, 1.165) is 0 Å². The Kier molecular flexibility index (Phi) is 5.50. The number of hydrogen-bond donors (Lipinski definition) is 1. The van der Waals surface area contributed by atoms with Gasteiger partial charge in [-0.05, 0) is 39.2 Å². The molecule has 1 fully saturated rings. The maximum atomic E-state index is 12.2. The molecule has 1 aromatic carbocycles. The fraction of sp³-hybridized carbons (Fsp3) is 0.562. The number of nitrogens with one attached hydrogen (secondary N) is 1. The summed E-state index contributed by atoms with van der Waals surface area (Å²) in [7, 11) is 0.742. The number of carbonyl (C=O) groups excluding carboxylic acids is 1. The highest BCUT2D eigenvalue weighted by molar-refractivity contribution is 6.62. The van der Waals surface area contributed by atoms with Gasteiger partial charge in [-0.1, -0.05) is 0 Å². The zero-order chi connectivity index (χ0) is 18.8. The first-order valence-corrected chi connectivity index (χ1v) is 7.99. The number of non-ortho nitro benzene ring substituents is 1. The Hall–Kier alpha value is -1.97. The van der Waals surface area contributed by atoms with Crippen LogP contribution in [0.15, 0.2) is 18.2 Å². The Morgan fingerprint density at radius 1 is 1.24 bits per heavy atom. The van der Waals surface area contributed by atoms with Crippen LogP contribution in [0.5, 0.6) is 0 Å². The van der Waals surface area contributed by atoms with Gasteiger partial charge in [-0.15, -0.1) is 0 Å². The Labute approximate surface area is 147 Å². The molecule has 1 amide bonds. The van der Waals surface area contributed by atoms with Crippen molar-refractivity contribution in [3.8, 4) is 0 Å². The SMILES string of the molecule is COCCNC(=O)c1cc(B2OC(C)(C)C(C)(C)O2)cc([N+](=O)[O-])c1. The Bertz CT molecular complexity index is 661. The normalized spacial score (nSPS) is 18.2. The summed E-state index contributed by atoms with van der Waals surface area (Å²) in [5.41, 5.74) is -0.740. The number of ether oxygens (including phenoxy) is 1. The van der Waals surface area contributed by atoms with Crippen LogP contribution >= 0.6 is 0 Å². The number of amides is 1. The number of hydrogen-bond acceptors (Lipinski definition) is 6. The van der Waals surface area contributed by atoms with Gasteiger partial charge in [-0.25, -0.2) is 0 Å². The van der Waals surface area contributed by atoms with Gasteiger partial charge >= 0.3 is 7.12 Å². The van der Waals surface area contributed by atoms with Gasteiger partial charge in [0.2, 0.25) is 0 Å². The molecule has 9 heteroatoms. The van der Waals surface area contributed by atoms with Crippen molar-refractivity contribution in [2.75, 3.05) is 20.3 Å². The Balaban J connectivity index is 2.33. The van der Waals surface area contributed by atoms with E-state index in [1.165, 1.54) is 19.2 Å². The number of nitrogens with zero attached hydrogens (tertiary/aromatic N) is 1. The molecule has 0 aliphatic carbocycles. The molecule has 2 rings (SSSR count). The minimum absolute atomic E-state index is 0.176. The molecule has 1 heterocycles. The van der Waals surface area contributed by atoms with Crippen molar-refractivity contribution < 1.29 is 23.8 Å². The molecule has 1 aromatic rings. The molecule has 0 bridgehead atoms. The van der Waals surface area contributed by atoms with E-state index >= 15 is 0 Å². The summed E-state index contributed by atoms with van der Waals surface area (Å²) in [6.07, 6.45) is 0. The van der Waals surface area contributed by atoms with Crippen molar-refractivity contribution in [3.63, 3.8) is 0 Å². The molecule has 0 atom stereocenters. The second-order valence-electron chi connectivity index (χ2n) is 6.91. The van der Waals surface area contributed by atoms with Crippen LogP contribution in [0.2, 0.25) is 0 Å². The number of methoxy groups -OCH3 is 1. The molecule has 0 unspecified atom stereocenters. The standard InChI is InChI=1S/C16H23BN2O6/c1-15(2)16(3,4)25-17(24-15)12-8-11(9-13(10-12)19(21)22)14(20)18-6-7-23-5/h8-10H,6-7H2,1-5H3,(H,18,20). The predicted octanol–water partition coefficient (Wildman–Crippen LogP) is 1.27. The van der Waals surface area contributed by atoms with E-state index in [9.17, 15) is 14.9 Å². The highest BCUT2D eigenvalue weighted by Gasteiger charge is 2.52. The predicted molar refractivity (Wildman–Crippen MR) is 93.0 cm³/mol. The summed E-state index contributed by atoms with van der Waals surface area (Å²) in [4.78, 5) is 22.9. The zero-order valence-electron chi connectivity index (χ0n) is 15.1.